The van der Waals surface area contributed by atoms with Crippen LogP contribution in [0.3, 0.4) is 0 Å². The predicted molar refractivity (Wildman–Crippen MR) is 84.0 cm³/mol. The average Bonchev–Trinajstić information content (AvgIpc) is 2.51. The van der Waals surface area contributed by atoms with Crippen LogP contribution in [-0.2, 0) is 0 Å². The molecule has 0 saturated heterocycles. The van der Waals surface area contributed by atoms with E-state index in [-0.39, 0.29) is 17.0 Å². The van der Waals surface area contributed by atoms with Crippen molar-refractivity contribution in [3.05, 3.63) is 91.0 Å². The molecular weight excluding hydrogens is 415 g/mol. The molecule has 0 unspecified atom stereocenters. The summed E-state index contributed by atoms with van der Waals surface area (Å²) in [5.41, 5.74) is 0. The van der Waals surface area contributed by atoms with Gasteiger partial charge in [-0.15, -0.1) is 0 Å². The molecule has 0 fully saturated rings. The number of hydrogen-bond acceptors (Lipinski definition) is 0. The molecule has 3 aromatic carbocycles. The Kier molecular flexibility index (Phi) is 5.86. The van der Waals surface area contributed by atoms with E-state index < -0.39 is 19.8 Å². The van der Waals surface area contributed by atoms with Crippen LogP contribution in [-0.4, -0.2) is 19.8 Å². The summed E-state index contributed by atoms with van der Waals surface area (Å²) in [7, 11) is 0. The van der Waals surface area contributed by atoms with Crippen molar-refractivity contribution in [1.82, 2.24) is 0 Å². The van der Waals surface area contributed by atoms with Crippen LogP contribution in [0, 0.1) is 0 Å². The maximum atomic E-state index is 2.29. The van der Waals surface area contributed by atoms with Gasteiger partial charge in [-0.2, -0.15) is 0 Å². The molecule has 0 nitrogen and oxygen atoms in total. The Bertz CT molecular complexity index is 529. The van der Waals surface area contributed by atoms with Crippen LogP contribution in [0.5, 0.6) is 0 Å². The van der Waals surface area contributed by atoms with Crippen molar-refractivity contribution < 1.29 is 17.0 Å². The third-order valence-corrected chi connectivity index (χ3v) is 11.0. The number of halogens is 1. The van der Waals surface area contributed by atoms with E-state index in [0.717, 1.165) is 0 Å². The maximum absolute atomic E-state index is 2.29. The Labute approximate surface area is 138 Å². The summed E-state index contributed by atoms with van der Waals surface area (Å²) in [4.78, 5) is 0. The van der Waals surface area contributed by atoms with Gasteiger partial charge in [0.1, 0.15) is 0 Å². The summed E-state index contributed by atoms with van der Waals surface area (Å²) in [6.07, 6.45) is 0. The first-order valence-electron chi connectivity index (χ1n) is 6.48. The van der Waals surface area contributed by atoms with Gasteiger partial charge in [0.15, 0.2) is 0 Å². The van der Waals surface area contributed by atoms with Gasteiger partial charge < -0.3 is 17.0 Å². The molecule has 0 bridgehead atoms. The van der Waals surface area contributed by atoms with Crippen molar-refractivity contribution in [1.29, 1.82) is 0 Å². The molecule has 0 aliphatic rings. The fourth-order valence-corrected chi connectivity index (χ4v) is 9.67. The Morgan fingerprint density at radius 2 is 0.650 bits per heavy atom. The molecule has 0 radical (unpaired) electrons. The molecule has 0 saturated carbocycles. The second-order valence-electron chi connectivity index (χ2n) is 4.47. The van der Waals surface area contributed by atoms with Crippen molar-refractivity contribution in [2.45, 2.75) is 0 Å². The Hall–Kier alpha value is -1.06. The molecule has 0 amide bonds. The molecule has 0 aliphatic carbocycles. The third kappa shape index (κ3) is 3.53. The summed E-state index contributed by atoms with van der Waals surface area (Å²) in [5, 5.41) is 0. The van der Waals surface area contributed by atoms with E-state index in [0.29, 0.717) is 0 Å². The van der Waals surface area contributed by atoms with Crippen LogP contribution < -0.4 is 27.7 Å². The molecule has 98 valence electrons. The zero-order valence-corrected chi connectivity index (χ0v) is 15.5. The molecule has 0 atom stereocenters. The van der Waals surface area contributed by atoms with Crippen molar-refractivity contribution in [2.75, 3.05) is 0 Å². The summed E-state index contributed by atoms with van der Waals surface area (Å²) >= 11 is -1.98. The quantitative estimate of drug-likeness (QED) is 0.479. The normalized spacial score (nSPS) is 9.60. The van der Waals surface area contributed by atoms with Crippen LogP contribution in [0.15, 0.2) is 91.0 Å². The first-order chi connectivity index (χ1) is 9.45. The monoisotopic (exact) mass is 430 g/mol. The van der Waals surface area contributed by atoms with E-state index >= 15 is 0 Å². The molecule has 0 spiro atoms. The minimum atomic E-state index is -1.98. The molecule has 0 aromatic heterocycles. The van der Waals surface area contributed by atoms with Crippen LogP contribution in [0.1, 0.15) is 0 Å². The van der Waals surface area contributed by atoms with E-state index in [1.165, 1.54) is 10.7 Å². The van der Waals surface area contributed by atoms with Crippen molar-refractivity contribution in [3.63, 3.8) is 0 Å². The van der Waals surface area contributed by atoms with E-state index in [9.17, 15) is 0 Å². The van der Waals surface area contributed by atoms with E-state index in [2.05, 4.69) is 91.0 Å². The van der Waals surface area contributed by atoms with E-state index in [4.69, 9.17) is 0 Å². The SMILES string of the molecule is [Br-].c1cc[c]([Sn+]([c]2ccccc2)[c]2ccccc2)cc1. The summed E-state index contributed by atoms with van der Waals surface area (Å²) < 4.78 is 4.59. The average molecular weight is 430 g/mol. The zero-order chi connectivity index (χ0) is 12.9. The molecule has 2 heteroatoms. The first-order valence-corrected chi connectivity index (χ1v) is 10.8. The third-order valence-electron chi connectivity index (χ3n) is 3.19. The summed E-state index contributed by atoms with van der Waals surface area (Å²) in [6.45, 7) is 0. The van der Waals surface area contributed by atoms with Crippen LogP contribution in [0.2, 0.25) is 0 Å². The first kappa shape index (κ1) is 15.3. The standard InChI is InChI=1S/3C6H5.BrH.Sn/c3*1-2-4-6-5-3-1;;/h3*1-5H;1H;/q;;;;+1/p-1. The second-order valence-corrected chi connectivity index (χ2v) is 11.6. The van der Waals surface area contributed by atoms with Gasteiger partial charge in [-0.25, -0.2) is 0 Å². The minimum absolute atomic E-state index is 0. The summed E-state index contributed by atoms with van der Waals surface area (Å²) in [6, 6.07) is 32.9. The van der Waals surface area contributed by atoms with E-state index in [1.54, 1.807) is 0 Å². The Morgan fingerprint density at radius 1 is 0.400 bits per heavy atom. The van der Waals surface area contributed by atoms with Crippen molar-refractivity contribution in [2.24, 2.45) is 0 Å². The molecule has 0 N–H and O–H groups in total. The van der Waals surface area contributed by atoms with Crippen LogP contribution in [0.25, 0.3) is 0 Å². The molecule has 0 aliphatic heterocycles. The number of hydrogen-bond donors (Lipinski definition) is 0. The van der Waals surface area contributed by atoms with Gasteiger partial charge in [0.05, 0.1) is 0 Å². The van der Waals surface area contributed by atoms with Crippen molar-refractivity contribution >= 4 is 30.5 Å². The van der Waals surface area contributed by atoms with Crippen molar-refractivity contribution in [3.8, 4) is 0 Å². The molecule has 3 rings (SSSR count). The zero-order valence-electron chi connectivity index (χ0n) is 11.0. The second kappa shape index (κ2) is 7.65. The molecule has 20 heavy (non-hydrogen) atoms. The number of benzene rings is 3. The van der Waals surface area contributed by atoms with Crippen LogP contribution >= 0.6 is 0 Å². The topological polar surface area (TPSA) is 0 Å². The molecule has 0 heterocycles. The van der Waals surface area contributed by atoms with Gasteiger partial charge in [0, 0.05) is 0 Å². The van der Waals surface area contributed by atoms with Crippen LogP contribution in [0.4, 0.5) is 0 Å². The van der Waals surface area contributed by atoms with Gasteiger partial charge >= 0.3 is 121 Å². The molecule has 3 aromatic rings. The molecular formula is C18H15BrSn. The predicted octanol–water partition coefficient (Wildman–Crippen LogP) is -0.793. The van der Waals surface area contributed by atoms with Gasteiger partial charge in [-0.05, 0) is 0 Å². The van der Waals surface area contributed by atoms with E-state index in [1.807, 2.05) is 0 Å². The van der Waals surface area contributed by atoms with Gasteiger partial charge in [0.25, 0.3) is 0 Å². The Balaban J connectivity index is 0.00000147. The fraction of sp³-hybridized carbons (Fsp3) is 0. The fourth-order valence-electron chi connectivity index (χ4n) is 2.31. The Morgan fingerprint density at radius 3 is 0.900 bits per heavy atom. The van der Waals surface area contributed by atoms with Gasteiger partial charge in [0.2, 0.25) is 0 Å². The number of rotatable bonds is 3. The summed E-state index contributed by atoms with van der Waals surface area (Å²) in [5.74, 6) is 0. The van der Waals surface area contributed by atoms with Gasteiger partial charge in [-0.1, -0.05) is 0 Å². The van der Waals surface area contributed by atoms with Gasteiger partial charge in [-0.3, -0.25) is 0 Å².